The van der Waals surface area contributed by atoms with Gasteiger partial charge in [0, 0.05) is 0 Å². The predicted octanol–water partition coefficient (Wildman–Crippen LogP) is 7.47. The summed E-state index contributed by atoms with van der Waals surface area (Å²) in [7, 11) is 0.239. The van der Waals surface area contributed by atoms with Crippen LogP contribution in [0.4, 0.5) is 0 Å². The Morgan fingerprint density at radius 1 is 0.583 bits per heavy atom. The fraction of sp³-hybridized carbons (Fsp3) is 0.739. The molecule has 0 radical (unpaired) electrons. The van der Waals surface area contributed by atoms with E-state index < -0.39 is 0 Å². The zero-order chi connectivity index (χ0) is 16.2. The van der Waals surface area contributed by atoms with E-state index in [2.05, 4.69) is 30.3 Å². The largest absolute Gasteiger partial charge is 0.0965 e. The highest BCUT2D eigenvalue weighted by atomic mass is 31.1. The van der Waals surface area contributed by atoms with Crippen molar-refractivity contribution >= 4 is 7.92 Å². The van der Waals surface area contributed by atoms with Crippen LogP contribution in [0.5, 0.6) is 0 Å². The molecule has 1 aromatic rings. The number of hydrogen-bond donors (Lipinski definition) is 0. The summed E-state index contributed by atoms with van der Waals surface area (Å²) in [5, 5.41) is 0. The van der Waals surface area contributed by atoms with Gasteiger partial charge in [-0.2, -0.15) is 0 Å². The van der Waals surface area contributed by atoms with Crippen LogP contribution in [0.3, 0.4) is 0 Å². The van der Waals surface area contributed by atoms with Crippen LogP contribution in [-0.2, 0) is 0 Å². The molecule has 0 amide bonds. The van der Waals surface area contributed by atoms with Gasteiger partial charge < -0.3 is 0 Å². The first kappa shape index (κ1) is 17.1. The van der Waals surface area contributed by atoms with Gasteiger partial charge >= 0.3 is 0 Å². The van der Waals surface area contributed by atoms with E-state index in [1.54, 1.807) is 31.2 Å². The molecule has 0 heterocycles. The van der Waals surface area contributed by atoms with Crippen LogP contribution < -0.4 is 0 Å². The van der Waals surface area contributed by atoms with E-state index in [4.69, 9.17) is 0 Å². The molecule has 24 heavy (non-hydrogen) atoms. The van der Waals surface area contributed by atoms with Crippen molar-refractivity contribution < 1.29 is 0 Å². The summed E-state index contributed by atoms with van der Waals surface area (Å²) in [4.78, 5) is 0. The molecule has 3 aliphatic carbocycles. The van der Waals surface area contributed by atoms with E-state index in [1.807, 2.05) is 0 Å². The standard InChI is InChI=1S/C23H35P/c1-4-11-19(12-5-1)22-17-10-18-23(22)24(20-13-6-2-7-14-20)21-15-8-3-9-16-21/h1,4-5,11-12,20-23H,2-3,6-10,13-18H2. The lowest BCUT2D eigenvalue weighted by Gasteiger charge is -2.44. The van der Waals surface area contributed by atoms with E-state index in [0.29, 0.717) is 0 Å². The van der Waals surface area contributed by atoms with Gasteiger partial charge in [0.25, 0.3) is 0 Å². The Morgan fingerprint density at radius 3 is 1.75 bits per heavy atom. The maximum atomic E-state index is 2.43. The molecule has 0 N–H and O–H groups in total. The minimum Gasteiger partial charge on any atom is -0.0965 e. The Balaban J connectivity index is 1.58. The van der Waals surface area contributed by atoms with Crippen molar-refractivity contribution in [1.82, 2.24) is 0 Å². The van der Waals surface area contributed by atoms with E-state index >= 15 is 0 Å². The molecule has 0 bridgehead atoms. The van der Waals surface area contributed by atoms with Crippen LogP contribution in [0, 0.1) is 0 Å². The Bertz CT molecular complexity index is 466. The minimum atomic E-state index is 0.239. The lowest BCUT2D eigenvalue weighted by Crippen LogP contribution is -2.28. The second kappa shape index (κ2) is 8.35. The molecule has 4 rings (SSSR count). The second-order valence-corrected chi connectivity index (χ2v) is 11.6. The first-order chi connectivity index (χ1) is 11.9. The summed E-state index contributed by atoms with van der Waals surface area (Å²) < 4.78 is 0. The van der Waals surface area contributed by atoms with Gasteiger partial charge in [0.15, 0.2) is 0 Å². The van der Waals surface area contributed by atoms with Crippen molar-refractivity contribution in [2.45, 2.75) is 106 Å². The summed E-state index contributed by atoms with van der Waals surface area (Å²) in [6.07, 6.45) is 19.9. The van der Waals surface area contributed by atoms with Crippen LogP contribution >= 0.6 is 7.92 Å². The summed E-state index contributed by atoms with van der Waals surface area (Å²) >= 11 is 0. The van der Waals surface area contributed by atoms with Crippen LogP contribution in [0.1, 0.15) is 95.0 Å². The molecule has 0 nitrogen and oxygen atoms in total. The first-order valence-corrected chi connectivity index (χ1v) is 12.3. The predicted molar refractivity (Wildman–Crippen MR) is 107 cm³/mol. The van der Waals surface area contributed by atoms with Crippen molar-refractivity contribution in [3.05, 3.63) is 35.9 Å². The van der Waals surface area contributed by atoms with Crippen molar-refractivity contribution in [3.8, 4) is 0 Å². The third kappa shape index (κ3) is 3.75. The molecule has 0 spiro atoms. The monoisotopic (exact) mass is 342 g/mol. The Labute approximate surface area is 150 Å². The molecule has 132 valence electrons. The van der Waals surface area contributed by atoms with Crippen molar-refractivity contribution in [2.24, 2.45) is 0 Å². The molecule has 2 atom stereocenters. The number of hydrogen-bond acceptors (Lipinski definition) is 0. The fourth-order valence-corrected chi connectivity index (χ4v) is 10.8. The van der Waals surface area contributed by atoms with Crippen LogP contribution in [0.2, 0.25) is 0 Å². The number of rotatable bonds is 4. The molecule has 3 aliphatic rings. The van der Waals surface area contributed by atoms with Crippen molar-refractivity contribution in [1.29, 1.82) is 0 Å². The Kier molecular flexibility index (Phi) is 5.95. The third-order valence-electron chi connectivity index (χ3n) is 7.08. The van der Waals surface area contributed by atoms with Crippen LogP contribution in [0.15, 0.2) is 30.3 Å². The summed E-state index contributed by atoms with van der Waals surface area (Å²) in [6.45, 7) is 0. The summed E-state index contributed by atoms with van der Waals surface area (Å²) in [6, 6.07) is 11.6. The third-order valence-corrected chi connectivity index (χ3v) is 11.2. The van der Waals surface area contributed by atoms with Gasteiger partial charge in [0.1, 0.15) is 0 Å². The molecular weight excluding hydrogens is 307 g/mol. The van der Waals surface area contributed by atoms with Gasteiger partial charge in [-0.3, -0.25) is 0 Å². The van der Waals surface area contributed by atoms with Crippen LogP contribution in [-0.4, -0.2) is 17.0 Å². The van der Waals surface area contributed by atoms with Crippen molar-refractivity contribution in [3.63, 3.8) is 0 Å². The summed E-state index contributed by atoms with van der Waals surface area (Å²) in [5.41, 5.74) is 4.95. The SMILES string of the molecule is c1ccc(C2CCCC2P(C2CCCCC2)C2CCCCC2)cc1. The highest BCUT2D eigenvalue weighted by Gasteiger charge is 2.41. The van der Waals surface area contributed by atoms with E-state index in [0.717, 1.165) is 22.9 Å². The second-order valence-electron chi connectivity index (χ2n) is 8.55. The highest BCUT2D eigenvalue weighted by Crippen LogP contribution is 2.65. The van der Waals surface area contributed by atoms with Gasteiger partial charge in [-0.25, -0.2) is 0 Å². The molecule has 0 saturated heterocycles. The average Bonchev–Trinajstić information content (AvgIpc) is 3.14. The van der Waals surface area contributed by atoms with Gasteiger partial charge in [0.05, 0.1) is 0 Å². The summed E-state index contributed by atoms with van der Waals surface area (Å²) in [5.74, 6) is 0.890. The smallest absolute Gasteiger partial charge is 0.00941 e. The lowest BCUT2D eigenvalue weighted by molar-refractivity contribution is 0.478. The molecule has 1 heteroatoms. The molecule has 2 unspecified atom stereocenters. The van der Waals surface area contributed by atoms with Crippen LogP contribution in [0.25, 0.3) is 0 Å². The quantitative estimate of drug-likeness (QED) is 0.498. The topological polar surface area (TPSA) is 0 Å². The Morgan fingerprint density at radius 2 is 1.17 bits per heavy atom. The zero-order valence-corrected chi connectivity index (χ0v) is 16.2. The van der Waals surface area contributed by atoms with Gasteiger partial charge in [-0.1, -0.05) is 83.2 Å². The van der Waals surface area contributed by atoms with E-state index in [-0.39, 0.29) is 7.92 Å². The fourth-order valence-electron chi connectivity index (χ4n) is 5.98. The average molecular weight is 343 g/mol. The molecule has 1 aromatic carbocycles. The molecule has 0 aliphatic heterocycles. The maximum absolute atomic E-state index is 2.43. The van der Waals surface area contributed by atoms with E-state index in [1.165, 1.54) is 57.8 Å². The number of benzene rings is 1. The molecule has 3 saturated carbocycles. The van der Waals surface area contributed by atoms with Gasteiger partial charge in [-0.15, -0.1) is 0 Å². The minimum absolute atomic E-state index is 0.239. The van der Waals surface area contributed by atoms with Crippen molar-refractivity contribution in [2.75, 3.05) is 0 Å². The molecular formula is C23H35P. The van der Waals surface area contributed by atoms with E-state index in [9.17, 15) is 0 Å². The first-order valence-electron chi connectivity index (χ1n) is 10.8. The highest BCUT2D eigenvalue weighted by molar-refractivity contribution is 7.60. The Hall–Kier alpha value is -0.350. The molecule has 3 fully saturated rings. The molecule has 0 aromatic heterocycles. The van der Waals surface area contributed by atoms with Gasteiger partial charge in [-0.05, 0) is 67.0 Å². The van der Waals surface area contributed by atoms with Gasteiger partial charge in [0.2, 0.25) is 0 Å². The zero-order valence-electron chi connectivity index (χ0n) is 15.3. The maximum Gasteiger partial charge on any atom is -0.00941 e. The normalized spacial score (nSPS) is 30.0. The lowest BCUT2D eigenvalue weighted by atomic mass is 9.97.